The van der Waals surface area contributed by atoms with Crippen LogP contribution in [0.5, 0.6) is 11.5 Å². The summed E-state index contributed by atoms with van der Waals surface area (Å²) >= 11 is 7.12. The fourth-order valence-electron chi connectivity index (χ4n) is 2.46. The highest BCUT2D eigenvalue weighted by atomic mass is 79.9. The van der Waals surface area contributed by atoms with E-state index in [0.717, 1.165) is 20.7 Å². The van der Waals surface area contributed by atoms with Gasteiger partial charge in [0.15, 0.2) is 5.75 Å². The van der Waals surface area contributed by atoms with Crippen LogP contribution in [0.2, 0.25) is 0 Å². The molecule has 0 amide bonds. The standard InChI is InChI=1S/C17H11BrOS2/c1-10-15(11-6-2-4-8-13(11)20-10)19-16-12-7-3-5-9-14(12)21-17(16)18/h2-9H,1H3. The van der Waals surface area contributed by atoms with Crippen molar-refractivity contribution in [1.82, 2.24) is 0 Å². The first-order valence-corrected chi connectivity index (χ1v) is 8.99. The molecular weight excluding hydrogens is 364 g/mol. The molecule has 2 aromatic heterocycles. The lowest BCUT2D eigenvalue weighted by atomic mass is 10.2. The van der Waals surface area contributed by atoms with Gasteiger partial charge < -0.3 is 4.74 Å². The van der Waals surface area contributed by atoms with Gasteiger partial charge in [-0.1, -0.05) is 24.3 Å². The van der Waals surface area contributed by atoms with E-state index >= 15 is 0 Å². The molecule has 0 fully saturated rings. The van der Waals surface area contributed by atoms with E-state index in [4.69, 9.17) is 4.74 Å². The Morgan fingerprint density at radius 2 is 1.38 bits per heavy atom. The van der Waals surface area contributed by atoms with E-state index in [1.807, 2.05) is 6.07 Å². The molecule has 0 saturated heterocycles. The molecule has 0 aliphatic carbocycles. The minimum atomic E-state index is 0.919. The van der Waals surface area contributed by atoms with E-state index in [1.54, 1.807) is 22.7 Å². The summed E-state index contributed by atoms with van der Waals surface area (Å²) < 4.78 is 9.86. The summed E-state index contributed by atoms with van der Waals surface area (Å²) in [5.41, 5.74) is 0. The zero-order valence-corrected chi connectivity index (χ0v) is 14.4. The highest BCUT2D eigenvalue weighted by Gasteiger charge is 2.16. The van der Waals surface area contributed by atoms with E-state index in [0.29, 0.717) is 0 Å². The van der Waals surface area contributed by atoms with Crippen LogP contribution < -0.4 is 4.74 Å². The van der Waals surface area contributed by atoms with Crippen LogP contribution in [0, 0.1) is 6.92 Å². The molecule has 4 heteroatoms. The number of fused-ring (bicyclic) bond motifs is 2. The monoisotopic (exact) mass is 374 g/mol. The van der Waals surface area contributed by atoms with Gasteiger partial charge >= 0.3 is 0 Å². The van der Waals surface area contributed by atoms with E-state index in [-0.39, 0.29) is 0 Å². The Hall–Kier alpha value is -1.36. The highest BCUT2D eigenvalue weighted by molar-refractivity contribution is 9.11. The number of ether oxygens (including phenoxy) is 1. The van der Waals surface area contributed by atoms with Gasteiger partial charge in [-0.05, 0) is 47.1 Å². The van der Waals surface area contributed by atoms with Crippen LogP contribution in [0.4, 0.5) is 0 Å². The van der Waals surface area contributed by atoms with Crippen LogP contribution in [0.1, 0.15) is 4.88 Å². The Bertz CT molecular complexity index is 874. The predicted molar refractivity (Wildman–Crippen MR) is 96.2 cm³/mol. The second-order valence-electron chi connectivity index (χ2n) is 4.79. The third kappa shape index (κ3) is 2.18. The van der Waals surface area contributed by atoms with Crippen molar-refractivity contribution in [2.75, 3.05) is 0 Å². The van der Waals surface area contributed by atoms with Crippen LogP contribution in [-0.4, -0.2) is 0 Å². The molecule has 4 aromatic rings. The van der Waals surface area contributed by atoms with Crippen molar-refractivity contribution in [2.24, 2.45) is 0 Å². The quantitative estimate of drug-likeness (QED) is 0.367. The first-order valence-electron chi connectivity index (χ1n) is 6.57. The number of halogens is 1. The summed E-state index contributed by atoms with van der Waals surface area (Å²) in [4.78, 5) is 1.21. The van der Waals surface area contributed by atoms with E-state index in [9.17, 15) is 0 Å². The van der Waals surface area contributed by atoms with Gasteiger partial charge in [0.25, 0.3) is 0 Å². The number of hydrogen-bond donors (Lipinski definition) is 0. The van der Waals surface area contributed by atoms with Gasteiger partial charge in [0.1, 0.15) is 9.54 Å². The molecular formula is C17H11BrOS2. The van der Waals surface area contributed by atoms with Gasteiger partial charge in [-0.2, -0.15) is 0 Å². The lowest BCUT2D eigenvalue weighted by Crippen LogP contribution is -1.84. The molecule has 1 nitrogen and oxygen atoms in total. The summed E-state index contributed by atoms with van der Waals surface area (Å²) in [7, 11) is 0. The molecule has 0 N–H and O–H groups in total. The smallest absolute Gasteiger partial charge is 0.160 e. The van der Waals surface area contributed by atoms with Crippen molar-refractivity contribution in [3.05, 3.63) is 57.2 Å². The molecule has 2 aromatic carbocycles. The zero-order valence-electron chi connectivity index (χ0n) is 11.2. The Morgan fingerprint density at radius 3 is 2.10 bits per heavy atom. The molecule has 2 heterocycles. The van der Waals surface area contributed by atoms with E-state index in [1.165, 1.54) is 19.7 Å². The molecule has 4 rings (SSSR count). The molecule has 104 valence electrons. The summed E-state index contributed by atoms with van der Waals surface area (Å²) in [6, 6.07) is 16.7. The number of hydrogen-bond acceptors (Lipinski definition) is 3. The summed E-state index contributed by atoms with van der Waals surface area (Å²) in [6.45, 7) is 2.11. The van der Waals surface area contributed by atoms with E-state index in [2.05, 4.69) is 65.3 Å². The maximum atomic E-state index is 6.32. The molecule has 21 heavy (non-hydrogen) atoms. The number of aryl methyl sites for hydroxylation is 1. The Morgan fingerprint density at radius 1 is 0.810 bits per heavy atom. The number of benzene rings is 2. The maximum absolute atomic E-state index is 6.32. The zero-order chi connectivity index (χ0) is 14.4. The maximum Gasteiger partial charge on any atom is 0.160 e. The lowest BCUT2D eigenvalue weighted by Gasteiger charge is -2.06. The van der Waals surface area contributed by atoms with Crippen molar-refractivity contribution in [3.8, 4) is 11.5 Å². The summed E-state index contributed by atoms with van der Waals surface area (Å²) in [5.74, 6) is 1.89. The van der Waals surface area contributed by atoms with Crippen LogP contribution in [0.3, 0.4) is 0 Å². The van der Waals surface area contributed by atoms with Gasteiger partial charge in [0.2, 0.25) is 0 Å². The molecule has 0 unspecified atom stereocenters. The summed E-state index contributed by atoms with van der Waals surface area (Å²) in [6.07, 6.45) is 0. The van der Waals surface area contributed by atoms with Crippen molar-refractivity contribution in [1.29, 1.82) is 0 Å². The van der Waals surface area contributed by atoms with Gasteiger partial charge in [-0.25, -0.2) is 0 Å². The first-order chi connectivity index (χ1) is 10.2. The van der Waals surface area contributed by atoms with Crippen LogP contribution in [0.25, 0.3) is 20.2 Å². The lowest BCUT2D eigenvalue weighted by molar-refractivity contribution is 0.492. The fourth-order valence-corrected chi connectivity index (χ4v) is 5.12. The number of thiophene rings is 2. The molecule has 0 radical (unpaired) electrons. The SMILES string of the molecule is Cc1sc2ccccc2c1Oc1c(Br)sc2ccccc12. The predicted octanol–water partition coefficient (Wildman–Crippen LogP) is 6.98. The minimum absolute atomic E-state index is 0.919. The molecule has 0 spiro atoms. The molecule has 0 bridgehead atoms. The Kier molecular flexibility index (Phi) is 3.25. The Balaban J connectivity index is 1.91. The van der Waals surface area contributed by atoms with Gasteiger partial charge in [0, 0.05) is 25.0 Å². The van der Waals surface area contributed by atoms with Crippen molar-refractivity contribution in [2.45, 2.75) is 6.92 Å². The molecule has 0 atom stereocenters. The molecule has 0 aliphatic heterocycles. The second-order valence-corrected chi connectivity index (χ2v) is 8.41. The van der Waals surface area contributed by atoms with Gasteiger partial charge in [0.05, 0.1) is 0 Å². The summed E-state index contributed by atoms with van der Waals surface area (Å²) in [5, 5.41) is 2.34. The Labute approximate surface area is 138 Å². The van der Waals surface area contributed by atoms with Gasteiger partial charge in [-0.3, -0.25) is 0 Å². The molecule has 0 saturated carbocycles. The fraction of sp³-hybridized carbons (Fsp3) is 0.0588. The third-order valence-electron chi connectivity index (χ3n) is 3.43. The number of rotatable bonds is 2. The van der Waals surface area contributed by atoms with Crippen molar-refractivity contribution in [3.63, 3.8) is 0 Å². The third-order valence-corrected chi connectivity index (χ3v) is 6.28. The van der Waals surface area contributed by atoms with Crippen molar-refractivity contribution >= 4 is 58.8 Å². The average molecular weight is 375 g/mol. The van der Waals surface area contributed by atoms with E-state index < -0.39 is 0 Å². The topological polar surface area (TPSA) is 9.23 Å². The van der Waals surface area contributed by atoms with Gasteiger partial charge in [-0.15, -0.1) is 22.7 Å². The van der Waals surface area contributed by atoms with Crippen LogP contribution in [-0.2, 0) is 0 Å². The second kappa shape index (κ2) is 5.13. The van der Waals surface area contributed by atoms with Crippen LogP contribution >= 0.6 is 38.6 Å². The minimum Gasteiger partial charge on any atom is -0.453 e. The normalized spacial score (nSPS) is 11.3. The van der Waals surface area contributed by atoms with Crippen molar-refractivity contribution < 1.29 is 4.74 Å². The average Bonchev–Trinajstić information content (AvgIpc) is 2.97. The highest BCUT2D eigenvalue weighted by Crippen LogP contribution is 2.47. The van der Waals surface area contributed by atoms with Crippen LogP contribution in [0.15, 0.2) is 52.3 Å². The largest absolute Gasteiger partial charge is 0.453 e. The molecule has 0 aliphatic rings. The first kappa shape index (κ1) is 13.3.